The summed E-state index contributed by atoms with van der Waals surface area (Å²) in [5.41, 5.74) is 1.76. The molecule has 1 saturated heterocycles. The van der Waals surface area contributed by atoms with E-state index in [1.807, 2.05) is 23.1 Å². The molecule has 184 valence electrons. The fraction of sp³-hybridized carbons (Fsp3) is 0.560. The third-order valence-electron chi connectivity index (χ3n) is 5.81. The van der Waals surface area contributed by atoms with Gasteiger partial charge in [0.25, 0.3) is 5.91 Å². The van der Waals surface area contributed by atoms with Crippen molar-refractivity contribution < 1.29 is 23.7 Å². The maximum atomic E-state index is 13.6. The van der Waals surface area contributed by atoms with Crippen molar-refractivity contribution in [2.75, 3.05) is 46.6 Å². The third kappa shape index (κ3) is 6.15. The Morgan fingerprint density at radius 1 is 1.18 bits per heavy atom. The maximum absolute atomic E-state index is 13.6. The van der Waals surface area contributed by atoms with Gasteiger partial charge in [-0.3, -0.25) is 14.7 Å². The van der Waals surface area contributed by atoms with Crippen LogP contribution in [0.1, 0.15) is 31.5 Å². The molecule has 9 nitrogen and oxygen atoms in total. The molecule has 0 N–H and O–H groups in total. The highest BCUT2D eigenvalue weighted by atomic mass is 16.5. The Morgan fingerprint density at radius 2 is 1.97 bits per heavy atom. The number of nitrogens with zero attached hydrogens (tertiary/aromatic N) is 4. The molecular formula is C25H34N4O5. The Hall–Kier alpha value is -2.91. The predicted octanol–water partition coefficient (Wildman–Crippen LogP) is 2.53. The van der Waals surface area contributed by atoms with Crippen molar-refractivity contribution in [1.82, 2.24) is 19.8 Å². The van der Waals surface area contributed by atoms with E-state index in [1.165, 1.54) is 0 Å². The molecule has 0 bridgehead atoms. The van der Waals surface area contributed by atoms with Crippen LogP contribution in [0.25, 0.3) is 0 Å². The summed E-state index contributed by atoms with van der Waals surface area (Å²) >= 11 is 0. The summed E-state index contributed by atoms with van der Waals surface area (Å²) in [7, 11) is 1.59. The molecule has 0 aliphatic carbocycles. The van der Waals surface area contributed by atoms with Crippen molar-refractivity contribution in [1.29, 1.82) is 0 Å². The van der Waals surface area contributed by atoms with E-state index in [2.05, 4.69) is 28.7 Å². The number of fused-ring (bicyclic) bond motifs is 1. The van der Waals surface area contributed by atoms with Crippen LogP contribution in [0.15, 0.2) is 30.6 Å². The van der Waals surface area contributed by atoms with Crippen LogP contribution in [0, 0.1) is 5.92 Å². The van der Waals surface area contributed by atoms with Crippen LogP contribution < -0.4 is 14.2 Å². The van der Waals surface area contributed by atoms with Gasteiger partial charge in [0.2, 0.25) is 5.88 Å². The number of carbonyl (C=O) groups is 1. The lowest BCUT2D eigenvalue weighted by molar-refractivity contribution is -0.151. The molecule has 9 heteroatoms. The Kier molecular flexibility index (Phi) is 8.18. The first-order chi connectivity index (χ1) is 16.5. The minimum atomic E-state index is -0.532. The molecule has 2 aliphatic rings. The summed E-state index contributed by atoms with van der Waals surface area (Å²) in [6, 6.07) is 5.92. The Bertz CT molecular complexity index is 970. The Balaban J connectivity index is 1.45. The molecule has 1 fully saturated rings. The number of rotatable bonds is 8. The minimum Gasteiger partial charge on any atom is -0.490 e. The van der Waals surface area contributed by atoms with Crippen molar-refractivity contribution in [2.45, 2.75) is 39.5 Å². The first-order valence-corrected chi connectivity index (χ1v) is 11.9. The van der Waals surface area contributed by atoms with Gasteiger partial charge >= 0.3 is 0 Å². The predicted molar refractivity (Wildman–Crippen MR) is 126 cm³/mol. The average molecular weight is 471 g/mol. The van der Waals surface area contributed by atoms with E-state index >= 15 is 0 Å². The highest BCUT2D eigenvalue weighted by Gasteiger charge is 2.31. The van der Waals surface area contributed by atoms with E-state index in [9.17, 15) is 4.79 Å². The van der Waals surface area contributed by atoms with Crippen LogP contribution in [0.5, 0.6) is 17.4 Å². The fourth-order valence-corrected chi connectivity index (χ4v) is 4.24. The molecular weight excluding hydrogens is 436 g/mol. The van der Waals surface area contributed by atoms with Gasteiger partial charge in [-0.2, -0.15) is 0 Å². The molecule has 0 radical (unpaired) electrons. The summed E-state index contributed by atoms with van der Waals surface area (Å²) in [6.45, 7) is 8.90. The summed E-state index contributed by atoms with van der Waals surface area (Å²) < 4.78 is 22.8. The zero-order valence-electron chi connectivity index (χ0n) is 20.2. The van der Waals surface area contributed by atoms with E-state index < -0.39 is 6.10 Å². The number of ether oxygens (including phenoxy) is 4. The van der Waals surface area contributed by atoms with Crippen molar-refractivity contribution >= 4 is 5.91 Å². The normalized spacial score (nSPS) is 18.4. The zero-order valence-corrected chi connectivity index (χ0v) is 20.2. The summed E-state index contributed by atoms with van der Waals surface area (Å²) in [4.78, 5) is 26.2. The van der Waals surface area contributed by atoms with E-state index in [4.69, 9.17) is 18.9 Å². The van der Waals surface area contributed by atoms with Gasteiger partial charge in [0.05, 0.1) is 26.9 Å². The summed E-state index contributed by atoms with van der Waals surface area (Å²) in [5.74, 6) is 2.33. The van der Waals surface area contributed by atoms with Crippen LogP contribution in [-0.2, 0) is 22.6 Å². The minimum absolute atomic E-state index is 0.00313. The van der Waals surface area contributed by atoms with Crippen molar-refractivity contribution in [3.05, 3.63) is 41.9 Å². The second kappa shape index (κ2) is 11.5. The van der Waals surface area contributed by atoms with Crippen molar-refractivity contribution in [2.24, 2.45) is 5.92 Å². The van der Waals surface area contributed by atoms with E-state index in [0.717, 1.165) is 35.7 Å². The SMILES string of the molecule is COc1nccnc1CN1CCO[C@@H](C(=O)N(Cc2ccc3c(c2)OCCCO3)CC(C)C)C1. The third-order valence-corrected chi connectivity index (χ3v) is 5.81. The lowest BCUT2D eigenvalue weighted by atomic mass is 10.1. The Morgan fingerprint density at radius 3 is 2.76 bits per heavy atom. The molecule has 0 unspecified atom stereocenters. The number of amides is 1. The van der Waals surface area contributed by atoms with Gasteiger partial charge < -0.3 is 23.8 Å². The molecule has 2 aliphatic heterocycles. The monoisotopic (exact) mass is 470 g/mol. The summed E-state index contributed by atoms with van der Waals surface area (Å²) in [5, 5.41) is 0. The highest BCUT2D eigenvalue weighted by molar-refractivity contribution is 5.81. The lowest BCUT2D eigenvalue weighted by Gasteiger charge is -2.35. The van der Waals surface area contributed by atoms with Gasteiger partial charge in [-0.1, -0.05) is 19.9 Å². The zero-order chi connectivity index (χ0) is 23.9. The lowest BCUT2D eigenvalue weighted by Crippen LogP contribution is -2.51. The van der Waals surface area contributed by atoms with Crippen LogP contribution in [-0.4, -0.2) is 78.3 Å². The van der Waals surface area contributed by atoms with E-state index in [-0.39, 0.29) is 5.91 Å². The Labute approximate surface area is 201 Å². The van der Waals surface area contributed by atoms with Crippen LogP contribution in [0.4, 0.5) is 0 Å². The molecule has 1 aromatic heterocycles. The topological polar surface area (TPSA) is 86.3 Å². The standard InChI is InChI=1S/C25H34N4O5/c1-18(2)14-29(15-19-5-6-21-22(13-19)33-11-4-10-32-21)25(30)23-17-28(9-12-34-23)16-20-24(31-3)27-8-7-26-20/h5-8,13,18,23H,4,9-12,14-17H2,1-3H3/t23-/m1/s1. The molecule has 3 heterocycles. The number of methoxy groups -OCH3 is 1. The molecule has 1 aromatic carbocycles. The number of morpholine rings is 1. The average Bonchev–Trinajstić information content (AvgIpc) is 3.08. The number of hydrogen-bond acceptors (Lipinski definition) is 8. The first-order valence-electron chi connectivity index (χ1n) is 11.9. The highest BCUT2D eigenvalue weighted by Crippen LogP contribution is 2.31. The number of aromatic nitrogens is 2. The quantitative estimate of drug-likeness (QED) is 0.582. The van der Waals surface area contributed by atoms with Crippen LogP contribution in [0.2, 0.25) is 0 Å². The summed E-state index contributed by atoms with van der Waals surface area (Å²) in [6.07, 6.45) is 3.59. The van der Waals surface area contributed by atoms with Crippen LogP contribution >= 0.6 is 0 Å². The molecule has 34 heavy (non-hydrogen) atoms. The van der Waals surface area contributed by atoms with Gasteiger partial charge in [0.15, 0.2) is 11.5 Å². The molecule has 0 saturated carbocycles. The first kappa shape index (κ1) is 24.2. The molecule has 1 amide bonds. The van der Waals surface area contributed by atoms with Crippen LogP contribution in [0.3, 0.4) is 0 Å². The van der Waals surface area contributed by atoms with Crippen molar-refractivity contribution in [3.8, 4) is 17.4 Å². The second-order valence-electron chi connectivity index (χ2n) is 9.05. The number of hydrogen-bond donors (Lipinski definition) is 0. The van der Waals surface area contributed by atoms with E-state index in [1.54, 1.807) is 19.5 Å². The second-order valence-corrected chi connectivity index (χ2v) is 9.05. The fourth-order valence-electron chi connectivity index (χ4n) is 4.24. The molecule has 0 spiro atoms. The van der Waals surface area contributed by atoms with Gasteiger partial charge in [0.1, 0.15) is 11.8 Å². The number of benzene rings is 1. The van der Waals surface area contributed by atoms with E-state index in [0.29, 0.717) is 57.8 Å². The van der Waals surface area contributed by atoms with Gasteiger partial charge in [-0.15, -0.1) is 0 Å². The van der Waals surface area contributed by atoms with Gasteiger partial charge in [-0.05, 0) is 23.6 Å². The largest absolute Gasteiger partial charge is 0.490 e. The molecule has 4 rings (SSSR count). The smallest absolute Gasteiger partial charge is 0.253 e. The molecule has 2 aromatic rings. The number of carbonyl (C=O) groups excluding carboxylic acids is 1. The molecule has 1 atom stereocenters. The van der Waals surface area contributed by atoms with Crippen molar-refractivity contribution in [3.63, 3.8) is 0 Å². The maximum Gasteiger partial charge on any atom is 0.253 e. The van der Waals surface area contributed by atoms with Gasteiger partial charge in [-0.25, -0.2) is 4.98 Å². The van der Waals surface area contributed by atoms with Gasteiger partial charge in [0, 0.05) is 51.5 Å².